The number of nitro groups is 1. The summed E-state index contributed by atoms with van der Waals surface area (Å²) in [5.41, 5.74) is 0.666. The van der Waals surface area contributed by atoms with E-state index < -0.39 is 0 Å². The highest BCUT2D eigenvalue weighted by molar-refractivity contribution is 5.64. The van der Waals surface area contributed by atoms with Crippen LogP contribution in [0.2, 0.25) is 0 Å². The van der Waals surface area contributed by atoms with Gasteiger partial charge >= 0.3 is 0 Å². The average molecular weight is 236 g/mol. The van der Waals surface area contributed by atoms with Gasteiger partial charge in [0.05, 0.1) is 12.0 Å². The van der Waals surface area contributed by atoms with Crippen LogP contribution in [0.1, 0.15) is 25.7 Å². The van der Waals surface area contributed by atoms with E-state index in [0.29, 0.717) is 17.5 Å². The maximum Gasteiger partial charge on any atom is 0.292 e. The topological polar surface area (TPSA) is 64.4 Å². The van der Waals surface area contributed by atoms with Gasteiger partial charge in [0.2, 0.25) is 0 Å². The smallest absolute Gasteiger partial charge is 0.292 e. The van der Waals surface area contributed by atoms with Crippen molar-refractivity contribution in [2.45, 2.75) is 31.7 Å². The molecule has 1 aromatic rings. The fourth-order valence-corrected chi connectivity index (χ4v) is 2.21. The highest BCUT2D eigenvalue weighted by Crippen LogP contribution is 2.31. The van der Waals surface area contributed by atoms with Gasteiger partial charge in [-0.05, 0) is 18.9 Å². The second kappa shape index (κ2) is 5.03. The largest absolute Gasteiger partial charge is 0.497 e. The van der Waals surface area contributed by atoms with Gasteiger partial charge in [-0.15, -0.1) is 0 Å². The number of hydrogen-bond donors (Lipinski definition) is 1. The number of hydrogen-bond acceptors (Lipinski definition) is 4. The number of rotatable bonds is 4. The highest BCUT2D eigenvalue weighted by atomic mass is 16.6. The molecular weight excluding hydrogens is 220 g/mol. The lowest BCUT2D eigenvalue weighted by Crippen LogP contribution is -2.15. The van der Waals surface area contributed by atoms with Gasteiger partial charge in [-0.1, -0.05) is 12.8 Å². The fourth-order valence-electron chi connectivity index (χ4n) is 2.21. The third-order valence-electron chi connectivity index (χ3n) is 3.12. The molecule has 0 amide bonds. The highest BCUT2D eigenvalue weighted by Gasteiger charge is 2.20. The lowest BCUT2D eigenvalue weighted by atomic mass is 10.2. The molecule has 1 aliphatic rings. The molecule has 5 heteroatoms. The van der Waals surface area contributed by atoms with Crippen LogP contribution >= 0.6 is 0 Å². The summed E-state index contributed by atoms with van der Waals surface area (Å²) < 4.78 is 5.09. The molecule has 5 nitrogen and oxygen atoms in total. The summed E-state index contributed by atoms with van der Waals surface area (Å²) in [4.78, 5) is 10.6. The Labute approximate surface area is 99.9 Å². The Bertz CT molecular complexity index is 414. The molecule has 0 saturated heterocycles. The van der Waals surface area contributed by atoms with E-state index in [2.05, 4.69) is 5.32 Å². The molecule has 1 fully saturated rings. The number of anilines is 1. The predicted molar refractivity (Wildman–Crippen MR) is 65.5 cm³/mol. The zero-order chi connectivity index (χ0) is 12.3. The minimum atomic E-state index is -0.364. The summed E-state index contributed by atoms with van der Waals surface area (Å²) in [6, 6.07) is 5.13. The van der Waals surface area contributed by atoms with E-state index in [1.807, 2.05) is 0 Å². The Balaban J connectivity index is 2.24. The summed E-state index contributed by atoms with van der Waals surface area (Å²) in [6.45, 7) is 0. The Morgan fingerprint density at radius 1 is 1.41 bits per heavy atom. The second-order valence-corrected chi connectivity index (χ2v) is 4.27. The third-order valence-corrected chi connectivity index (χ3v) is 3.12. The molecule has 0 spiro atoms. The minimum Gasteiger partial charge on any atom is -0.497 e. The standard InChI is InChI=1S/C12H16N2O3/c1-17-10-6-7-12(14(15)16)11(8-10)13-9-4-2-3-5-9/h6-9,13H,2-5H2,1H3. The molecule has 0 bridgehead atoms. The van der Waals surface area contributed by atoms with Crippen LogP contribution in [0.15, 0.2) is 18.2 Å². The molecular formula is C12H16N2O3. The van der Waals surface area contributed by atoms with Crippen LogP contribution < -0.4 is 10.1 Å². The van der Waals surface area contributed by atoms with E-state index in [-0.39, 0.29) is 10.6 Å². The SMILES string of the molecule is COc1ccc([N+](=O)[O-])c(NC2CCCC2)c1. The van der Waals surface area contributed by atoms with Crippen molar-refractivity contribution in [1.29, 1.82) is 0 Å². The van der Waals surface area contributed by atoms with E-state index in [0.717, 1.165) is 12.8 Å². The van der Waals surface area contributed by atoms with Crippen molar-refractivity contribution in [3.05, 3.63) is 28.3 Å². The van der Waals surface area contributed by atoms with Gasteiger partial charge in [0.1, 0.15) is 11.4 Å². The first kappa shape index (κ1) is 11.7. The first-order chi connectivity index (χ1) is 8.20. The van der Waals surface area contributed by atoms with Crippen molar-refractivity contribution in [3.8, 4) is 5.75 Å². The molecule has 92 valence electrons. The van der Waals surface area contributed by atoms with Gasteiger partial charge in [-0.25, -0.2) is 0 Å². The Morgan fingerprint density at radius 2 is 2.12 bits per heavy atom. The van der Waals surface area contributed by atoms with E-state index in [1.165, 1.54) is 18.9 Å². The number of ether oxygens (including phenoxy) is 1. The summed E-state index contributed by atoms with van der Waals surface area (Å²) in [6.07, 6.45) is 4.54. The Morgan fingerprint density at radius 3 is 2.71 bits per heavy atom. The van der Waals surface area contributed by atoms with Crippen LogP contribution in [-0.2, 0) is 0 Å². The van der Waals surface area contributed by atoms with Crippen LogP contribution in [0.4, 0.5) is 11.4 Å². The zero-order valence-electron chi connectivity index (χ0n) is 9.81. The van der Waals surface area contributed by atoms with Gasteiger partial charge < -0.3 is 10.1 Å². The summed E-state index contributed by atoms with van der Waals surface area (Å²) in [5, 5.41) is 14.2. The maximum atomic E-state index is 10.9. The molecule has 0 aliphatic heterocycles. The molecule has 1 N–H and O–H groups in total. The second-order valence-electron chi connectivity index (χ2n) is 4.27. The number of nitro benzene ring substituents is 1. The van der Waals surface area contributed by atoms with Crippen molar-refractivity contribution >= 4 is 11.4 Å². The van der Waals surface area contributed by atoms with Gasteiger partial charge in [-0.3, -0.25) is 10.1 Å². The van der Waals surface area contributed by atoms with E-state index in [4.69, 9.17) is 4.74 Å². The van der Waals surface area contributed by atoms with Crippen LogP contribution in [0, 0.1) is 10.1 Å². The van der Waals surface area contributed by atoms with Crippen LogP contribution in [-0.4, -0.2) is 18.1 Å². The molecule has 2 rings (SSSR count). The van der Waals surface area contributed by atoms with E-state index >= 15 is 0 Å². The number of nitrogens with one attached hydrogen (secondary N) is 1. The number of nitrogens with zero attached hydrogens (tertiary/aromatic N) is 1. The molecule has 0 unspecified atom stereocenters. The van der Waals surface area contributed by atoms with Crippen molar-refractivity contribution in [1.82, 2.24) is 0 Å². The number of benzene rings is 1. The lowest BCUT2D eigenvalue weighted by molar-refractivity contribution is -0.384. The van der Waals surface area contributed by atoms with Crippen molar-refractivity contribution in [2.75, 3.05) is 12.4 Å². The molecule has 0 radical (unpaired) electrons. The predicted octanol–water partition coefficient (Wildman–Crippen LogP) is 2.96. The monoisotopic (exact) mass is 236 g/mol. The maximum absolute atomic E-state index is 10.9. The molecule has 1 aromatic carbocycles. The normalized spacial score (nSPS) is 15.8. The quantitative estimate of drug-likeness (QED) is 0.644. The van der Waals surface area contributed by atoms with Crippen LogP contribution in [0.3, 0.4) is 0 Å². The average Bonchev–Trinajstić information content (AvgIpc) is 2.81. The molecule has 1 aliphatic carbocycles. The molecule has 0 heterocycles. The van der Waals surface area contributed by atoms with Crippen molar-refractivity contribution in [3.63, 3.8) is 0 Å². The molecule has 1 saturated carbocycles. The van der Waals surface area contributed by atoms with Gasteiger partial charge in [0.25, 0.3) is 5.69 Å². The molecule has 17 heavy (non-hydrogen) atoms. The number of methoxy groups -OCH3 is 1. The van der Waals surface area contributed by atoms with Gasteiger partial charge in [0.15, 0.2) is 0 Å². The van der Waals surface area contributed by atoms with E-state index in [1.54, 1.807) is 19.2 Å². The van der Waals surface area contributed by atoms with Crippen LogP contribution in [0.25, 0.3) is 0 Å². The van der Waals surface area contributed by atoms with Crippen molar-refractivity contribution < 1.29 is 9.66 Å². The van der Waals surface area contributed by atoms with Crippen LogP contribution in [0.5, 0.6) is 5.75 Å². The summed E-state index contributed by atoms with van der Waals surface area (Å²) >= 11 is 0. The molecule has 0 aromatic heterocycles. The first-order valence-corrected chi connectivity index (χ1v) is 5.79. The zero-order valence-corrected chi connectivity index (χ0v) is 9.81. The van der Waals surface area contributed by atoms with E-state index in [9.17, 15) is 10.1 Å². The Kier molecular flexibility index (Phi) is 3.46. The lowest BCUT2D eigenvalue weighted by Gasteiger charge is -2.14. The Hall–Kier alpha value is -1.78. The minimum absolute atomic E-state index is 0.109. The first-order valence-electron chi connectivity index (χ1n) is 5.79. The summed E-state index contributed by atoms with van der Waals surface area (Å²) in [5.74, 6) is 0.635. The van der Waals surface area contributed by atoms with Crippen molar-refractivity contribution in [2.24, 2.45) is 0 Å². The van der Waals surface area contributed by atoms with Gasteiger partial charge in [0, 0.05) is 18.2 Å². The third kappa shape index (κ3) is 2.67. The molecule has 0 atom stereocenters. The van der Waals surface area contributed by atoms with Gasteiger partial charge in [-0.2, -0.15) is 0 Å². The fraction of sp³-hybridized carbons (Fsp3) is 0.500. The summed E-state index contributed by atoms with van der Waals surface area (Å²) in [7, 11) is 1.56.